The van der Waals surface area contributed by atoms with Crippen LogP contribution in [-0.2, 0) is 21.4 Å². The van der Waals surface area contributed by atoms with E-state index in [1.54, 1.807) is 18.9 Å². The normalized spacial score (nSPS) is 19.2. The van der Waals surface area contributed by atoms with Gasteiger partial charge in [0.15, 0.2) is 0 Å². The molecule has 38 heavy (non-hydrogen) atoms. The van der Waals surface area contributed by atoms with Crippen molar-refractivity contribution >= 4 is 43.2 Å². The number of anilines is 1. The van der Waals surface area contributed by atoms with Gasteiger partial charge in [0.25, 0.3) is 5.56 Å². The largest absolute Gasteiger partial charge is 0.495 e. The van der Waals surface area contributed by atoms with Crippen LogP contribution < -0.4 is 15.2 Å². The topological polar surface area (TPSA) is 105 Å². The summed E-state index contributed by atoms with van der Waals surface area (Å²) in [6.45, 7) is 6.54. The summed E-state index contributed by atoms with van der Waals surface area (Å²) in [5, 5.41) is 0.0713. The smallest absolute Gasteiger partial charge is 0.263 e. The zero-order valence-electron chi connectivity index (χ0n) is 21.9. The molecule has 10 nitrogen and oxygen atoms in total. The molecule has 1 amide bonds. The summed E-state index contributed by atoms with van der Waals surface area (Å²) in [6, 6.07) is 7.67. The zero-order valence-corrected chi connectivity index (χ0v) is 23.6. The van der Waals surface area contributed by atoms with Crippen LogP contribution in [0.4, 0.5) is 5.69 Å². The molecule has 2 fully saturated rings. The van der Waals surface area contributed by atoms with E-state index >= 15 is 0 Å². The third-order valence-corrected chi connectivity index (χ3v) is 10.6. The predicted molar refractivity (Wildman–Crippen MR) is 148 cm³/mol. The molecule has 2 aliphatic rings. The lowest BCUT2D eigenvalue weighted by Crippen LogP contribution is -2.49. The van der Waals surface area contributed by atoms with Gasteiger partial charge in [-0.2, -0.15) is 4.31 Å². The first kappa shape index (κ1) is 26.6. The lowest BCUT2D eigenvalue weighted by Gasteiger charge is -2.36. The number of benzene rings is 1. The minimum absolute atomic E-state index is 0.00846. The van der Waals surface area contributed by atoms with Crippen LogP contribution in [0.1, 0.15) is 24.6 Å². The third kappa shape index (κ3) is 4.92. The number of amides is 1. The number of para-hydroxylation sites is 2. The third-order valence-electron chi connectivity index (χ3n) is 7.38. The van der Waals surface area contributed by atoms with Gasteiger partial charge in [-0.3, -0.25) is 14.2 Å². The number of sulfonamides is 1. The molecule has 0 aliphatic carbocycles. The van der Waals surface area contributed by atoms with Crippen LogP contribution in [-0.4, -0.2) is 79.5 Å². The molecule has 2 saturated heterocycles. The van der Waals surface area contributed by atoms with Crippen LogP contribution >= 0.6 is 11.3 Å². The van der Waals surface area contributed by atoms with Crippen LogP contribution in [0, 0.1) is 12.8 Å². The maximum Gasteiger partial charge on any atom is 0.263 e. The average Bonchev–Trinajstić information content (AvgIpc) is 3.27. The van der Waals surface area contributed by atoms with Gasteiger partial charge in [0.2, 0.25) is 15.9 Å². The monoisotopic (exact) mass is 559 g/mol. The van der Waals surface area contributed by atoms with Crippen molar-refractivity contribution in [2.45, 2.75) is 38.1 Å². The molecule has 0 saturated carbocycles. The number of aryl methyl sites for hydroxylation is 1. The number of methoxy groups -OCH3 is 1. The van der Waals surface area contributed by atoms with Crippen LogP contribution in [0.25, 0.3) is 10.2 Å². The maximum atomic E-state index is 13.9. The molecule has 2 aromatic heterocycles. The van der Waals surface area contributed by atoms with E-state index in [4.69, 9.17) is 4.74 Å². The molecule has 1 atom stereocenters. The lowest BCUT2D eigenvalue weighted by molar-refractivity contribution is -0.133. The van der Waals surface area contributed by atoms with E-state index in [0.717, 1.165) is 24.3 Å². The number of piperidine rings is 1. The molecule has 204 valence electrons. The molecular formula is C26H33N5O5S2. The summed E-state index contributed by atoms with van der Waals surface area (Å²) in [4.78, 5) is 35.6. The molecule has 3 aromatic rings. The van der Waals surface area contributed by atoms with Gasteiger partial charge in [-0.1, -0.05) is 19.1 Å². The minimum atomic E-state index is -3.96. The number of piperazine rings is 1. The van der Waals surface area contributed by atoms with Crippen LogP contribution in [0.2, 0.25) is 0 Å². The fraction of sp³-hybridized carbons (Fsp3) is 0.500. The molecule has 5 rings (SSSR count). The number of carbonyl (C=O) groups is 1. The van der Waals surface area contributed by atoms with Gasteiger partial charge >= 0.3 is 0 Å². The van der Waals surface area contributed by atoms with E-state index < -0.39 is 15.6 Å². The molecule has 0 N–H and O–H groups in total. The Bertz CT molecular complexity index is 1510. The first-order chi connectivity index (χ1) is 18.2. The van der Waals surface area contributed by atoms with Crippen LogP contribution in [0.3, 0.4) is 0 Å². The fourth-order valence-corrected chi connectivity index (χ4v) is 8.48. The SMILES string of the molecule is COc1ccccc1N1CCN(S(=O)(=O)c2c(C)sc3ncn(CC(=O)N4CCC[C@@H](C)C4)c(=O)c23)CC1. The van der Waals surface area contributed by atoms with E-state index in [2.05, 4.69) is 16.8 Å². The van der Waals surface area contributed by atoms with Crippen LogP contribution in [0.5, 0.6) is 5.75 Å². The van der Waals surface area contributed by atoms with Gasteiger partial charge in [0.05, 0.1) is 24.5 Å². The van der Waals surface area contributed by atoms with E-state index in [-0.39, 0.29) is 35.8 Å². The van der Waals surface area contributed by atoms with Gasteiger partial charge in [-0.15, -0.1) is 11.3 Å². The summed E-state index contributed by atoms with van der Waals surface area (Å²) >= 11 is 1.19. The number of hydrogen-bond acceptors (Lipinski definition) is 8. The lowest BCUT2D eigenvalue weighted by atomic mass is 10.0. The van der Waals surface area contributed by atoms with Crippen molar-refractivity contribution in [3.63, 3.8) is 0 Å². The van der Waals surface area contributed by atoms with Crippen molar-refractivity contribution in [1.29, 1.82) is 0 Å². The number of rotatable bonds is 6. The molecular weight excluding hydrogens is 526 g/mol. The van der Waals surface area contributed by atoms with Crippen molar-refractivity contribution in [2.24, 2.45) is 5.92 Å². The first-order valence-corrected chi connectivity index (χ1v) is 15.1. The van der Waals surface area contributed by atoms with Gasteiger partial charge < -0.3 is 14.5 Å². The fourth-order valence-electron chi connectivity index (χ4n) is 5.39. The minimum Gasteiger partial charge on any atom is -0.495 e. The Kier molecular flexibility index (Phi) is 7.47. The van der Waals surface area contributed by atoms with Crippen molar-refractivity contribution in [2.75, 3.05) is 51.3 Å². The van der Waals surface area contributed by atoms with Crippen molar-refractivity contribution in [1.82, 2.24) is 18.8 Å². The molecule has 0 unspecified atom stereocenters. The number of nitrogens with zero attached hydrogens (tertiary/aromatic N) is 5. The predicted octanol–water partition coefficient (Wildman–Crippen LogP) is 2.54. The summed E-state index contributed by atoms with van der Waals surface area (Å²) < 4.78 is 35.9. The first-order valence-electron chi connectivity index (χ1n) is 12.8. The summed E-state index contributed by atoms with van der Waals surface area (Å²) in [5.74, 6) is 1.01. The Hall–Kier alpha value is -2.96. The zero-order chi connectivity index (χ0) is 27.0. The second kappa shape index (κ2) is 10.7. The van der Waals surface area contributed by atoms with Crippen molar-refractivity contribution in [3.05, 3.63) is 45.8 Å². The second-order valence-electron chi connectivity index (χ2n) is 10.00. The quantitative estimate of drug-likeness (QED) is 0.457. The van der Waals surface area contributed by atoms with Crippen molar-refractivity contribution in [3.8, 4) is 5.75 Å². The molecule has 0 bridgehead atoms. The van der Waals surface area contributed by atoms with Gasteiger partial charge in [0, 0.05) is 44.1 Å². The molecule has 1 aromatic carbocycles. The van der Waals surface area contributed by atoms with Gasteiger partial charge in [-0.25, -0.2) is 13.4 Å². The molecule has 0 spiro atoms. The highest BCUT2D eigenvalue weighted by atomic mass is 32.2. The number of likely N-dealkylation sites (tertiary alicyclic amines) is 1. The second-order valence-corrected chi connectivity index (χ2v) is 13.1. The Balaban J connectivity index is 1.41. The standard InChI is InChI=1S/C26H33N5O5S2/c1-18-7-6-10-29(15-18)22(32)16-30-17-27-25-23(26(30)33)24(19(2)37-25)38(34,35)31-13-11-28(12-14-31)20-8-4-5-9-21(20)36-3/h4-5,8-9,17-18H,6-7,10-16H2,1-3H3/t18-/m1/s1. The highest BCUT2D eigenvalue weighted by Gasteiger charge is 2.34. The highest BCUT2D eigenvalue weighted by molar-refractivity contribution is 7.89. The molecule has 2 aliphatic heterocycles. The van der Waals surface area contributed by atoms with Crippen LogP contribution in [0.15, 0.2) is 40.3 Å². The molecule has 4 heterocycles. The average molecular weight is 560 g/mol. The van der Waals surface area contributed by atoms with E-state index in [1.807, 2.05) is 24.3 Å². The number of fused-ring (bicyclic) bond motifs is 1. The maximum absolute atomic E-state index is 13.9. The van der Waals surface area contributed by atoms with E-state index in [0.29, 0.717) is 41.8 Å². The Morgan fingerprint density at radius 2 is 1.89 bits per heavy atom. The number of ether oxygens (including phenoxy) is 1. The summed E-state index contributed by atoms with van der Waals surface area (Å²) in [6.07, 6.45) is 3.38. The Morgan fingerprint density at radius 1 is 1.16 bits per heavy atom. The molecule has 0 radical (unpaired) electrons. The number of carbonyl (C=O) groups excluding carboxylic acids is 1. The Labute approximate surface area is 226 Å². The number of thiophene rings is 1. The Morgan fingerprint density at radius 3 is 2.61 bits per heavy atom. The van der Waals surface area contributed by atoms with E-state index in [9.17, 15) is 18.0 Å². The number of hydrogen-bond donors (Lipinski definition) is 0. The van der Waals surface area contributed by atoms with Gasteiger partial charge in [-0.05, 0) is 37.8 Å². The van der Waals surface area contributed by atoms with E-state index in [1.165, 1.54) is 26.5 Å². The van der Waals surface area contributed by atoms with Gasteiger partial charge in [0.1, 0.15) is 22.0 Å². The summed E-state index contributed by atoms with van der Waals surface area (Å²) in [5.41, 5.74) is 0.424. The molecule has 12 heteroatoms. The van der Waals surface area contributed by atoms with Crippen molar-refractivity contribution < 1.29 is 17.9 Å². The number of aromatic nitrogens is 2. The highest BCUT2D eigenvalue weighted by Crippen LogP contribution is 2.34. The summed E-state index contributed by atoms with van der Waals surface area (Å²) in [7, 11) is -2.34.